The molecule has 322 valence electrons. The first-order chi connectivity index (χ1) is 32.5. The smallest absolute Gasteiger partial charge is 0.252 e. The van der Waals surface area contributed by atoms with Crippen molar-refractivity contribution in [2.75, 3.05) is 14.7 Å². The molecule has 0 spiro atoms. The summed E-state index contributed by atoms with van der Waals surface area (Å²) in [5, 5.41) is 5.26. The number of benzene rings is 9. The van der Waals surface area contributed by atoms with E-state index in [9.17, 15) is 0 Å². The summed E-state index contributed by atoms with van der Waals surface area (Å²) in [5.41, 5.74) is 20.7. The third-order valence-corrected chi connectivity index (χ3v) is 14.5. The predicted molar refractivity (Wildman–Crippen MR) is 287 cm³/mol. The number of nitrogens with zero attached hydrogens (tertiary/aromatic N) is 4. The summed E-state index contributed by atoms with van der Waals surface area (Å²) >= 11 is 0. The van der Waals surface area contributed by atoms with Crippen LogP contribution in [-0.2, 0) is 10.8 Å². The first-order valence-electron chi connectivity index (χ1n) is 23.7. The minimum absolute atomic E-state index is 0.0262. The van der Waals surface area contributed by atoms with Crippen molar-refractivity contribution in [2.45, 2.75) is 52.4 Å². The molecule has 67 heavy (non-hydrogen) atoms. The van der Waals surface area contributed by atoms with Crippen molar-refractivity contribution < 1.29 is 0 Å². The van der Waals surface area contributed by atoms with Crippen molar-refractivity contribution in [2.24, 2.45) is 0 Å². The van der Waals surface area contributed by atoms with E-state index in [1.165, 1.54) is 88.4 Å². The van der Waals surface area contributed by atoms with Crippen LogP contribution in [0.3, 0.4) is 0 Å². The topological polar surface area (TPSA) is 14.1 Å². The Bertz CT molecular complexity index is 3680. The summed E-state index contributed by atoms with van der Waals surface area (Å²) in [6.45, 7) is 14.0. The molecule has 2 aliphatic rings. The molecule has 5 heteroatoms. The molecule has 0 radical (unpaired) electrons. The molecule has 0 N–H and O–H groups in total. The Morgan fingerprint density at radius 2 is 0.866 bits per heavy atom. The van der Waals surface area contributed by atoms with Crippen LogP contribution in [0.4, 0.5) is 51.2 Å². The van der Waals surface area contributed by atoms with Gasteiger partial charge >= 0.3 is 0 Å². The third kappa shape index (κ3) is 5.93. The number of hydrogen-bond donors (Lipinski definition) is 0. The number of fused-ring (bicyclic) bond motifs is 10. The molecule has 0 amide bonds. The van der Waals surface area contributed by atoms with Gasteiger partial charge in [-0.15, -0.1) is 0 Å². The maximum atomic E-state index is 2.58. The molecule has 4 nitrogen and oxygen atoms in total. The van der Waals surface area contributed by atoms with E-state index in [1.807, 2.05) is 0 Å². The summed E-state index contributed by atoms with van der Waals surface area (Å²) in [6.07, 6.45) is 0. The molecule has 0 fully saturated rings. The van der Waals surface area contributed by atoms with Crippen molar-refractivity contribution in [3.63, 3.8) is 0 Å². The molecular formula is C62H51BN4. The van der Waals surface area contributed by atoms with Gasteiger partial charge in [0.05, 0.1) is 22.2 Å². The Labute approximate surface area is 393 Å². The first kappa shape index (κ1) is 39.6. The van der Waals surface area contributed by atoms with Crippen LogP contribution >= 0.6 is 0 Å². The molecule has 0 saturated carbocycles. The molecule has 4 heterocycles. The Hall–Kier alpha value is -7.76. The van der Waals surface area contributed by atoms with Gasteiger partial charge in [-0.25, -0.2) is 0 Å². The average molecular weight is 863 g/mol. The molecule has 2 aliphatic heterocycles. The van der Waals surface area contributed by atoms with E-state index in [0.29, 0.717) is 0 Å². The van der Waals surface area contributed by atoms with Crippen molar-refractivity contribution in [1.82, 2.24) is 4.40 Å². The largest absolute Gasteiger partial charge is 0.311 e. The van der Waals surface area contributed by atoms with Gasteiger partial charge in [-0.3, -0.25) is 0 Å². The van der Waals surface area contributed by atoms with Crippen LogP contribution < -0.4 is 31.1 Å². The molecule has 0 atom stereocenters. The van der Waals surface area contributed by atoms with Crippen LogP contribution in [0.1, 0.15) is 52.7 Å². The van der Waals surface area contributed by atoms with Crippen molar-refractivity contribution in [3.8, 4) is 0 Å². The summed E-state index contributed by atoms with van der Waals surface area (Å²) < 4.78 is 2.58. The highest BCUT2D eigenvalue weighted by molar-refractivity contribution is 7.00. The fourth-order valence-electron chi connectivity index (χ4n) is 11.3. The second-order valence-electron chi connectivity index (χ2n) is 20.7. The van der Waals surface area contributed by atoms with Gasteiger partial charge in [0.15, 0.2) is 0 Å². The van der Waals surface area contributed by atoms with Gasteiger partial charge in [-0.1, -0.05) is 145 Å². The van der Waals surface area contributed by atoms with Gasteiger partial charge in [0.1, 0.15) is 0 Å². The van der Waals surface area contributed by atoms with E-state index in [-0.39, 0.29) is 17.5 Å². The molecule has 2 aromatic heterocycles. The van der Waals surface area contributed by atoms with Gasteiger partial charge < -0.3 is 19.1 Å². The minimum Gasteiger partial charge on any atom is -0.311 e. The number of aromatic nitrogens is 1. The van der Waals surface area contributed by atoms with Crippen molar-refractivity contribution in [3.05, 3.63) is 211 Å². The van der Waals surface area contributed by atoms with Crippen molar-refractivity contribution >= 4 is 112 Å². The van der Waals surface area contributed by atoms with E-state index in [2.05, 4.69) is 261 Å². The Morgan fingerprint density at radius 1 is 0.373 bits per heavy atom. The van der Waals surface area contributed by atoms with E-state index in [0.717, 1.165) is 28.4 Å². The summed E-state index contributed by atoms with van der Waals surface area (Å²) in [4.78, 5) is 7.47. The fourth-order valence-corrected chi connectivity index (χ4v) is 11.3. The molecule has 9 aromatic carbocycles. The Kier molecular flexibility index (Phi) is 8.49. The molecule has 0 unspecified atom stereocenters. The van der Waals surface area contributed by atoms with Gasteiger partial charge in [0, 0.05) is 67.0 Å². The lowest BCUT2D eigenvalue weighted by molar-refractivity contribution is 0.590. The molecule has 0 saturated heterocycles. The SMILES string of the molecule is CC(C)(C)c1ccc2c(c1)c1cc(C(C)(C)C)cc3c4cc5c(cc4n2c13)N(c1ccccc1)c1cc(N(c2ccccc2)c2ccccc2)cc2c1B5c1ccccc1N2c1ccccc1. The maximum absolute atomic E-state index is 2.58. The second-order valence-corrected chi connectivity index (χ2v) is 20.7. The van der Waals surface area contributed by atoms with Gasteiger partial charge in [0.2, 0.25) is 0 Å². The van der Waals surface area contributed by atoms with Gasteiger partial charge in [-0.05, 0) is 135 Å². The van der Waals surface area contributed by atoms with E-state index in [4.69, 9.17) is 0 Å². The lowest BCUT2D eigenvalue weighted by Crippen LogP contribution is -2.61. The second kappa shape index (κ2) is 14.4. The first-order valence-corrected chi connectivity index (χ1v) is 23.7. The van der Waals surface area contributed by atoms with Crippen LogP contribution in [0.5, 0.6) is 0 Å². The Balaban J connectivity index is 1.18. The number of rotatable bonds is 5. The average Bonchev–Trinajstić information content (AvgIpc) is 3.85. The standard InChI is InChI=1S/C62H51BN4/c1-61(2,3)40-31-32-53-47(33-40)49-34-41(62(4,5)6)35-50-48-38-52-56(39-55(48)67(53)60(49)50)66(45-27-17-10-18-28-45)58-37-46(64(42-21-11-7-12-22-42)43-23-13-8-14-24-43)36-57-59(58)63(52)51-29-19-20-30-54(51)65(57)44-25-15-9-16-26-44/h7-39H,1-6H3. The van der Waals surface area contributed by atoms with E-state index in [1.54, 1.807) is 0 Å². The highest BCUT2D eigenvalue weighted by Gasteiger charge is 2.44. The normalized spacial score (nSPS) is 13.4. The van der Waals surface area contributed by atoms with E-state index < -0.39 is 0 Å². The maximum Gasteiger partial charge on any atom is 0.252 e. The van der Waals surface area contributed by atoms with Gasteiger partial charge in [0.25, 0.3) is 6.71 Å². The number of hydrogen-bond acceptors (Lipinski definition) is 3. The Morgan fingerprint density at radius 3 is 1.43 bits per heavy atom. The van der Waals surface area contributed by atoms with Crippen LogP contribution in [-0.4, -0.2) is 11.1 Å². The highest BCUT2D eigenvalue weighted by Crippen LogP contribution is 2.50. The molecule has 0 bridgehead atoms. The van der Waals surface area contributed by atoms with Crippen LogP contribution in [0.25, 0.3) is 38.1 Å². The molecule has 11 aromatic rings. The van der Waals surface area contributed by atoms with Crippen LogP contribution in [0.15, 0.2) is 200 Å². The van der Waals surface area contributed by atoms with Crippen LogP contribution in [0.2, 0.25) is 0 Å². The molecule has 13 rings (SSSR count). The number of para-hydroxylation sites is 5. The lowest BCUT2D eigenvalue weighted by Gasteiger charge is -2.45. The quantitative estimate of drug-likeness (QED) is 0.160. The predicted octanol–water partition coefficient (Wildman–Crippen LogP) is 15.0. The van der Waals surface area contributed by atoms with Crippen LogP contribution in [0, 0.1) is 0 Å². The monoisotopic (exact) mass is 862 g/mol. The zero-order chi connectivity index (χ0) is 45.3. The summed E-state index contributed by atoms with van der Waals surface area (Å²) in [6, 6.07) is 74.8. The van der Waals surface area contributed by atoms with E-state index >= 15 is 0 Å². The summed E-state index contributed by atoms with van der Waals surface area (Å²) in [5.74, 6) is 0. The number of anilines is 9. The minimum atomic E-state index is -0.0377. The zero-order valence-electron chi connectivity index (χ0n) is 38.9. The van der Waals surface area contributed by atoms with Crippen molar-refractivity contribution in [1.29, 1.82) is 0 Å². The molecule has 0 aliphatic carbocycles. The molecular weight excluding hydrogens is 812 g/mol. The third-order valence-electron chi connectivity index (χ3n) is 14.5. The lowest BCUT2D eigenvalue weighted by atomic mass is 9.33. The summed E-state index contributed by atoms with van der Waals surface area (Å²) in [7, 11) is 0. The zero-order valence-corrected chi connectivity index (χ0v) is 38.9. The fraction of sp³-hybridized carbons (Fsp3) is 0.129. The highest BCUT2D eigenvalue weighted by atomic mass is 15.2. The van der Waals surface area contributed by atoms with Gasteiger partial charge in [-0.2, -0.15) is 0 Å².